The second kappa shape index (κ2) is 6.19. The number of fused-ring (bicyclic) bond motifs is 1. The third kappa shape index (κ3) is 3.47. The third-order valence-corrected chi connectivity index (χ3v) is 4.69. The van der Waals surface area contributed by atoms with E-state index in [2.05, 4.69) is 5.32 Å². The number of benzene rings is 2. The molecular formula is C16H15N3O5S. The van der Waals surface area contributed by atoms with E-state index in [0.717, 1.165) is 23.6 Å². The molecule has 25 heavy (non-hydrogen) atoms. The van der Waals surface area contributed by atoms with Crippen LogP contribution in [0.15, 0.2) is 57.8 Å². The molecule has 0 spiro atoms. The summed E-state index contributed by atoms with van der Waals surface area (Å²) in [7, 11) is -4.04. The molecule has 0 saturated carbocycles. The Bertz CT molecular complexity index is 1030. The van der Waals surface area contributed by atoms with Crippen molar-refractivity contribution in [3.05, 3.63) is 64.4 Å². The van der Waals surface area contributed by atoms with E-state index in [4.69, 9.17) is 9.56 Å². The zero-order chi connectivity index (χ0) is 18.2. The molecular weight excluding hydrogens is 346 g/mol. The Hall–Kier alpha value is -2.91. The number of anilines is 1. The topological polar surface area (TPSA) is 128 Å². The molecule has 8 nitrogen and oxygen atoms in total. The second-order valence-electron chi connectivity index (χ2n) is 5.54. The molecule has 3 rings (SSSR count). The van der Waals surface area contributed by atoms with Gasteiger partial charge in [0, 0.05) is 17.5 Å². The van der Waals surface area contributed by atoms with Crippen LogP contribution < -0.4 is 10.5 Å². The second-order valence-corrected chi connectivity index (χ2v) is 7.07. The molecule has 1 atom stereocenters. The van der Waals surface area contributed by atoms with E-state index < -0.39 is 21.0 Å². The number of nitro benzene ring substituents is 1. The molecule has 0 aliphatic heterocycles. The van der Waals surface area contributed by atoms with Gasteiger partial charge in [-0.1, -0.05) is 18.2 Å². The Balaban J connectivity index is 2.00. The summed E-state index contributed by atoms with van der Waals surface area (Å²) in [6.07, 6.45) is 0. The number of rotatable bonds is 5. The van der Waals surface area contributed by atoms with Gasteiger partial charge in [-0.05, 0) is 25.1 Å². The summed E-state index contributed by atoms with van der Waals surface area (Å²) < 4.78 is 29.2. The average Bonchev–Trinajstić information content (AvgIpc) is 2.97. The highest BCUT2D eigenvalue weighted by Crippen LogP contribution is 2.31. The van der Waals surface area contributed by atoms with Gasteiger partial charge in [0.1, 0.15) is 16.2 Å². The monoisotopic (exact) mass is 361 g/mol. The lowest BCUT2D eigenvalue weighted by Gasteiger charge is -2.15. The lowest BCUT2D eigenvalue weighted by Crippen LogP contribution is -2.16. The van der Waals surface area contributed by atoms with Crippen LogP contribution in [0.25, 0.3) is 11.0 Å². The number of primary sulfonamides is 1. The van der Waals surface area contributed by atoms with Crippen LogP contribution in [0, 0.1) is 10.1 Å². The van der Waals surface area contributed by atoms with Crippen molar-refractivity contribution in [3.63, 3.8) is 0 Å². The number of nitrogens with zero attached hydrogens (tertiary/aromatic N) is 1. The SMILES string of the molecule is C[C@@H](Nc1cc([N+](=O)[O-])ccc1S(N)(=O)=O)c1cc2ccccc2o1. The number of sulfonamides is 1. The van der Waals surface area contributed by atoms with Gasteiger partial charge in [-0.3, -0.25) is 10.1 Å². The predicted octanol–water partition coefficient (Wildman–Crippen LogP) is 3.16. The molecule has 0 saturated heterocycles. The molecule has 0 amide bonds. The van der Waals surface area contributed by atoms with E-state index in [9.17, 15) is 18.5 Å². The number of hydrogen-bond donors (Lipinski definition) is 2. The van der Waals surface area contributed by atoms with Crippen molar-refractivity contribution < 1.29 is 17.8 Å². The number of nitrogens with two attached hydrogens (primary N) is 1. The van der Waals surface area contributed by atoms with Crippen molar-refractivity contribution >= 4 is 32.4 Å². The van der Waals surface area contributed by atoms with Crippen LogP contribution in [0.4, 0.5) is 11.4 Å². The average molecular weight is 361 g/mol. The molecule has 2 aromatic carbocycles. The fraction of sp³-hybridized carbons (Fsp3) is 0.125. The molecule has 1 heterocycles. The summed E-state index contributed by atoms with van der Waals surface area (Å²) in [6, 6.07) is 12.1. The maximum Gasteiger partial charge on any atom is 0.271 e. The Labute approximate surface area is 143 Å². The first kappa shape index (κ1) is 16.9. The Morgan fingerprint density at radius 1 is 1.20 bits per heavy atom. The van der Waals surface area contributed by atoms with E-state index in [1.54, 1.807) is 6.92 Å². The van der Waals surface area contributed by atoms with E-state index in [0.29, 0.717) is 11.3 Å². The minimum Gasteiger partial charge on any atom is -0.459 e. The van der Waals surface area contributed by atoms with E-state index in [1.165, 1.54) is 0 Å². The Morgan fingerprint density at radius 2 is 1.92 bits per heavy atom. The highest BCUT2D eigenvalue weighted by Gasteiger charge is 2.21. The molecule has 1 aromatic heterocycles. The number of para-hydroxylation sites is 1. The first-order valence-electron chi connectivity index (χ1n) is 7.32. The molecule has 0 aliphatic carbocycles. The Morgan fingerprint density at radius 3 is 2.56 bits per heavy atom. The van der Waals surface area contributed by atoms with Crippen LogP contribution in [-0.4, -0.2) is 13.3 Å². The first-order chi connectivity index (χ1) is 11.8. The Kier molecular flexibility index (Phi) is 4.19. The van der Waals surface area contributed by atoms with E-state index in [-0.39, 0.29) is 16.3 Å². The van der Waals surface area contributed by atoms with Crippen LogP contribution in [-0.2, 0) is 10.0 Å². The number of non-ortho nitro benzene ring substituents is 1. The predicted molar refractivity (Wildman–Crippen MR) is 92.7 cm³/mol. The van der Waals surface area contributed by atoms with Gasteiger partial charge in [0.2, 0.25) is 10.0 Å². The van der Waals surface area contributed by atoms with Crippen molar-refractivity contribution in [1.29, 1.82) is 0 Å². The molecule has 3 aromatic rings. The van der Waals surface area contributed by atoms with Gasteiger partial charge < -0.3 is 9.73 Å². The number of hydrogen-bond acceptors (Lipinski definition) is 6. The van der Waals surface area contributed by atoms with Gasteiger partial charge >= 0.3 is 0 Å². The van der Waals surface area contributed by atoms with Gasteiger partial charge in [0.05, 0.1) is 16.7 Å². The first-order valence-corrected chi connectivity index (χ1v) is 8.86. The maximum absolute atomic E-state index is 11.7. The zero-order valence-corrected chi connectivity index (χ0v) is 14.0. The van der Waals surface area contributed by atoms with E-state index >= 15 is 0 Å². The van der Waals surface area contributed by atoms with Crippen LogP contribution in [0.2, 0.25) is 0 Å². The normalized spacial score (nSPS) is 12.9. The standard InChI is InChI=1S/C16H15N3O5S/c1-10(15-8-11-4-2-3-5-14(11)24-15)18-13-9-12(19(20)21)6-7-16(13)25(17,22)23/h2-10,18H,1H3,(H2,17,22,23)/t10-/m1/s1. The zero-order valence-electron chi connectivity index (χ0n) is 13.2. The number of furan rings is 1. The van der Waals surface area contributed by atoms with E-state index in [1.807, 2.05) is 30.3 Å². The summed E-state index contributed by atoms with van der Waals surface area (Å²) in [6.45, 7) is 1.75. The molecule has 0 unspecified atom stereocenters. The minimum atomic E-state index is -4.04. The molecule has 0 aliphatic rings. The van der Waals surface area contributed by atoms with Crippen molar-refractivity contribution in [3.8, 4) is 0 Å². The molecule has 130 valence electrons. The summed E-state index contributed by atoms with van der Waals surface area (Å²) in [5.74, 6) is 0.563. The third-order valence-electron chi connectivity index (χ3n) is 3.72. The van der Waals surface area contributed by atoms with Gasteiger partial charge in [-0.25, -0.2) is 13.6 Å². The lowest BCUT2D eigenvalue weighted by atomic mass is 10.2. The van der Waals surface area contributed by atoms with Crippen molar-refractivity contribution in [2.24, 2.45) is 5.14 Å². The van der Waals surface area contributed by atoms with Gasteiger partial charge in [0.25, 0.3) is 5.69 Å². The quantitative estimate of drug-likeness (QED) is 0.530. The van der Waals surface area contributed by atoms with Gasteiger partial charge in [-0.15, -0.1) is 0 Å². The largest absolute Gasteiger partial charge is 0.459 e. The molecule has 0 radical (unpaired) electrons. The highest BCUT2D eigenvalue weighted by atomic mass is 32.2. The molecule has 3 N–H and O–H groups in total. The molecule has 9 heteroatoms. The molecule has 0 bridgehead atoms. The highest BCUT2D eigenvalue weighted by molar-refractivity contribution is 7.89. The van der Waals surface area contributed by atoms with Crippen LogP contribution in [0.3, 0.4) is 0 Å². The summed E-state index contributed by atoms with van der Waals surface area (Å²) in [4.78, 5) is 10.1. The maximum atomic E-state index is 11.7. The van der Waals surface area contributed by atoms with Crippen LogP contribution >= 0.6 is 0 Å². The van der Waals surface area contributed by atoms with Gasteiger partial charge in [0.15, 0.2) is 0 Å². The summed E-state index contributed by atoms with van der Waals surface area (Å²) in [5, 5.41) is 20.0. The molecule has 0 fully saturated rings. The minimum absolute atomic E-state index is 0.0460. The van der Waals surface area contributed by atoms with Crippen molar-refractivity contribution in [2.45, 2.75) is 17.9 Å². The van der Waals surface area contributed by atoms with Crippen LogP contribution in [0.5, 0.6) is 0 Å². The fourth-order valence-electron chi connectivity index (χ4n) is 2.51. The summed E-state index contributed by atoms with van der Waals surface area (Å²) >= 11 is 0. The fourth-order valence-corrected chi connectivity index (χ4v) is 3.19. The van der Waals surface area contributed by atoms with Crippen molar-refractivity contribution in [1.82, 2.24) is 0 Å². The number of nitro groups is 1. The number of nitrogens with one attached hydrogen (secondary N) is 1. The van der Waals surface area contributed by atoms with Gasteiger partial charge in [-0.2, -0.15) is 0 Å². The lowest BCUT2D eigenvalue weighted by molar-refractivity contribution is -0.384. The smallest absolute Gasteiger partial charge is 0.271 e. The van der Waals surface area contributed by atoms with Crippen molar-refractivity contribution in [2.75, 3.05) is 5.32 Å². The summed E-state index contributed by atoms with van der Waals surface area (Å²) in [5.41, 5.74) is 0.494. The van der Waals surface area contributed by atoms with Crippen LogP contribution in [0.1, 0.15) is 18.7 Å².